The van der Waals surface area contributed by atoms with Crippen LogP contribution in [0.5, 0.6) is 0 Å². The van der Waals surface area contributed by atoms with Crippen molar-refractivity contribution in [3.8, 4) is 0 Å². The maximum absolute atomic E-state index is 12.7. The summed E-state index contributed by atoms with van der Waals surface area (Å²) in [5.74, 6) is 0. The topological polar surface area (TPSA) is 75.7 Å². The maximum Gasteiger partial charge on any atom is 0.407 e. The van der Waals surface area contributed by atoms with Crippen LogP contribution in [0.25, 0.3) is 0 Å². The van der Waals surface area contributed by atoms with E-state index in [0.717, 1.165) is 31.2 Å². The molecule has 2 rings (SSSR count). The standard InChI is InChI=1S/C17H26N2O4S/c1-2-23-17(20)18-12-11-15-7-9-16(10-8-15)24(21,22)19-13-5-3-4-6-14-19/h7-10H,2-6,11-14H2,1H3,(H,18,20). The third-order valence-corrected chi connectivity index (χ3v) is 6.00. The molecule has 0 spiro atoms. The largest absolute Gasteiger partial charge is 0.450 e. The van der Waals surface area contributed by atoms with Gasteiger partial charge in [0.2, 0.25) is 10.0 Å². The van der Waals surface area contributed by atoms with Gasteiger partial charge in [-0.25, -0.2) is 13.2 Å². The van der Waals surface area contributed by atoms with Crippen molar-refractivity contribution < 1.29 is 17.9 Å². The maximum atomic E-state index is 12.7. The molecule has 0 bridgehead atoms. The number of carbonyl (C=O) groups excluding carboxylic acids is 1. The highest BCUT2D eigenvalue weighted by atomic mass is 32.2. The monoisotopic (exact) mass is 354 g/mol. The highest BCUT2D eigenvalue weighted by Gasteiger charge is 2.24. The third kappa shape index (κ3) is 5.21. The van der Waals surface area contributed by atoms with Crippen LogP contribution in [0.1, 0.15) is 38.2 Å². The van der Waals surface area contributed by atoms with Crippen LogP contribution in [0, 0.1) is 0 Å². The molecule has 1 aliphatic heterocycles. The van der Waals surface area contributed by atoms with E-state index in [4.69, 9.17) is 4.74 Å². The average molecular weight is 354 g/mol. The Morgan fingerprint density at radius 1 is 1.12 bits per heavy atom. The van der Waals surface area contributed by atoms with Crippen molar-refractivity contribution in [2.45, 2.75) is 43.9 Å². The van der Waals surface area contributed by atoms with Crippen molar-refractivity contribution in [2.24, 2.45) is 0 Å². The highest BCUT2D eigenvalue weighted by molar-refractivity contribution is 7.89. The van der Waals surface area contributed by atoms with Gasteiger partial charge in [-0.1, -0.05) is 25.0 Å². The summed E-state index contributed by atoms with van der Waals surface area (Å²) in [6.07, 6.45) is 4.24. The van der Waals surface area contributed by atoms with Crippen LogP contribution in [-0.4, -0.2) is 45.1 Å². The number of benzene rings is 1. The summed E-state index contributed by atoms with van der Waals surface area (Å²) in [4.78, 5) is 11.5. The number of rotatable bonds is 6. The number of amides is 1. The summed E-state index contributed by atoms with van der Waals surface area (Å²) in [6, 6.07) is 6.91. The van der Waals surface area contributed by atoms with E-state index in [-0.39, 0.29) is 0 Å². The van der Waals surface area contributed by atoms with Crippen LogP contribution >= 0.6 is 0 Å². The van der Waals surface area contributed by atoms with Crippen LogP contribution < -0.4 is 5.32 Å². The summed E-state index contributed by atoms with van der Waals surface area (Å²) in [5.41, 5.74) is 0.974. The third-order valence-electron chi connectivity index (χ3n) is 4.08. The molecule has 0 aliphatic carbocycles. The van der Waals surface area contributed by atoms with E-state index in [9.17, 15) is 13.2 Å². The van der Waals surface area contributed by atoms with Gasteiger partial charge in [-0.15, -0.1) is 0 Å². The predicted octanol–water partition coefficient (Wildman–Crippen LogP) is 2.54. The molecule has 7 heteroatoms. The SMILES string of the molecule is CCOC(=O)NCCc1ccc(S(=O)(=O)N2CCCCCC2)cc1. The van der Waals surface area contributed by atoms with Crippen LogP contribution in [0.15, 0.2) is 29.2 Å². The van der Waals surface area contributed by atoms with Crippen molar-refractivity contribution in [3.63, 3.8) is 0 Å². The number of hydrogen-bond donors (Lipinski definition) is 1. The fourth-order valence-corrected chi connectivity index (χ4v) is 4.27. The summed E-state index contributed by atoms with van der Waals surface area (Å²) in [5, 5.41) is 2.65. The Morgan fingerprint density at radius 2 is 1.75 bits per heavy atom. The van der Waals surface area contributed by atoms with Gasteiger partial charge >= 0.3 is 6.09 Å². The van der Waals surface area contributed by atoms with Crippen molar-refractivity contribution >= 4 is 16.1 Å². The van der Waals surface area contributed by atoms with Crippen molar-refractivity contribution in [1.29, 1.82) is 0 Å². The second-order valence-electron chi connectivity index (χ2n) is 5.86. The molecule has 1 saturated heterocycles. The van der Waals surface area contributed by atoms with E-state index in [0.29, 0.717) is 37.6 Å². The van der Waals surface area contributed by atoms with Gasteiger partial charge in [0.05, 0.1) is 11.5 Å². The molecule has 0 unspecified atom stereocenters. The first kappa shape index (κ1) is 18.7. The number of ether oxygens (including phenoxy) is 1. The number of hydrogen-bond acceptors (Lipinski definition) is 4. The van der Waals surface area contributed by atoms with Gasteiger partial charge in [0.15, 0.2) is 0 Å². The van der Waals surface area contributed by atoms with Gasteiger partial charge in [0.25, 0.3) is 0 Å². The van der Waals surface area contributed by atoms with Gasteiger partial charge in [-0.3, -0.25) is 0 Å². The Morgan fingerprint density at radius 3 is 2.33 bits per heavy atom. The van der Waals surface area contributed by atoms with Gasteiger partial charge < -0.3 is 10.1 Å². The lowest BCUT2D eigenvalue weighted by Crippen LogP contribution is -2.31. The highest BCUT2D eigenvalue weighted by Crippen LogP contribution is 2.20. The lowest BCUT2D eigenvalue weighted by molar-refractivity contribution is 0.152. The minimum atomic E-state index is -3.40. The smallest absolute Gasteiger partial charge is 0.407 e. The molecular formula is C17H26N2O4S. The molecule has 1 aliphatic rings. The van der Waals surface area contributed by atoms with E-state index in [2.05, 4.69) is 5.32 Å². The van der Waals surface area contributed by atoms with Crippen molar-refractivity contribution in [1.82, 2.24) is 9.62 Å². The van der Waals surface area contributed by atoms with E-state index < -0.39 is 16.1 Å². The molecule has 1 N–H and O–H groups in total. The summed E-state index contributed by atoms with van der Waals surface area (Å²) < 4.78 is 31.7. The van der Waals surface area contributed by atoms with E-state index in [1.54, 1.807) is 35.5 Å². The Kier molecular flexibility index (Phi) is 7.05. The number of carbonyl (C=O) groups is 1. The minimum absolute atomic E-state index is 0.339. The van der Waals surface area contributed by atoms with Crippen LogP contribution in [0.3, 0.4) is 0 Å². The molecule has 0 saturated carbocycles. The molecular weight excluding hydrogens is 328 g/mol. The molecule has 0 radical (unpaired) electrons. The number of nitrogens with one attached hydrogen (secondary N) is 1. The molecule has 1 fully saturated rings. The van der Waals surface area contributed by atoms with Gasteiger partial charge in [0.1, 0.15) is 0 Å². The molecule has 1 aromatic carbocycles. The first-order chi connectivity index (χ1) is 11.5. The molecule has 6 nitrogen and oxygen atoms in total. The minimum Gasteiger partial charge on any atom is -0.450 e. The Balaban J connectivity index is 1.94. The zero-order valence-corrected chi connectivity index (χ0v) is 15.0. The van der Waals surface area contributed by atoms with Crippen LogP contribution in [-0.2, 0) is 21.2 Å². The summed E-state index contributed by atoms with van der Waals surface area (Å²) in [6.45, 7) is 3.76. The van der Waals surface area contributed by atoms with E-state index in [1.807, 2.05) is 0 Å². The first-order valence-electron chi connectivity index (χ1n) is 8.53. The van der Waals surface area contributed by atoms with Crippen LogP contribution in [0.4, 0.5) is 4.79 Å². The Bertz CT molecular complexity index is 620. The zero-order chi connectivity index (χ0) is 17.4. The number of alkyl carbamates (subject to hydrolysis) is 1. The van der Waals surface area contributed by atoms with Crippen molar-refractivity contribution in [3.05, 3.63) is 29.8 Å². The molecule has 0 aromatic heterocycles. The average Bonchev–Trinajstić information content (AvgIpc) is 2.85. The number of nitrogens with zero attached hydrogens (tertiary/aromatic N) is 1. The fourth-order valence-electron chi connectivity index (χ4n) is 2.75. The van der Waals surface area contributed by atoms with E-state index >= 15 is 0 Å². The van der Waals surface area contributed by atoms with Gasteiger partial charge in [0, 0.05) is 19.6 Å². The lowest BCUT2D eigenvalue weighted by Gasteiger charge is -2.20. The quantitative estimate of drug-likeness (QED) is 0.852. The second kappa shape index (κ2) is 9.03. The molecule has 1 aromatic rings. The fraction of sp³-hybridized carbons (Fsp3) is 0.588. The molecule has 24 heavy (non-hydrogen) atoms. The van der Waals surface area contributed by atoms with E-state index in [1.165, 1.54) is 0 Å². The second-order valence-corrected chi connectivity index (χ2v) is 7.80. The Hall–Kier alpha value is -1.60. The van der Waals surface area contributed by atoms with Gasteiger partial charge in [-0.05, 0) is 43.9 Å². The normalized spacial score (nSPS) is 16.4. The van der Waals surface area contributed by atoms with Crippen LogP contribution in [0.2, 0.25) is 0 Å². The molecule has 0 atom stereocenters. The molecule has 1 amide bonds. The molecule has 1 heterocycles. The van der Waals surface area contributed by atoms with Gasteiger partial charge in [-0.2, -0.15) is 4.31 Å². The first-order valence-corrected chi connectivity index (χ1v) is 9.98. The summed E-state index contributed by atoms with van der Waals surface area (Å²) in [7, 11) is -3.40. The zero-order valence-electron chi connectivity index (χ0n) is 14.2. The number of sulfonamides is 1. The van der Waals surface area contributed by atoms with Crippen molar-refractivity contribution in [2.75, 3.05) is 26.2 Å². The summed E-state index contributed by atoms with van der Waals surface area (Å²) >= 11 is 0. The Labute approximate surface area is 144 Å². The predicted molar refractivity (Wildman–Crippen MR) is 92.4 cm³/mol. The lowest BCUT2D eigenvalue weighted by atomic mass is 10.1. The molecule has 134 valence electrons.